The second-order valence-corrected chi connectivity index (χ2v) is 4.86. The van der Waals surface area contributed by atoms with Gasteiger partial charge in [0.05, 0.1) is 5.71 Å². The van der Waals surface area contributed by atoms with Gasteiger partial charge in [-0.25, -0.2) is 0 Å². The molecular weight excluding hydrogens is 208 g/mol. The summed E-state index contributed by atoms with van der Waals surface area (Å²) in [5, 5.41) is 4.25. The van der Waals surface area contributed by atoms with Gasteiger partial charge in [-0.2, -0.15) is 5.10 Å². The van der Waals surface area contributed by atoms with Crippen molar-refractivity contribution >= 4 is 5.71 Å². The van der Waals surface area contributed by atoms with E-state index in [1.165, 1.54) is 51.4 Å². The zero-order valence-electron chi connectivity index (χ0n) is 12.0. The molecule has 0 atom stereocenters. The highest BCUT2D eigenvalue weighted by Gasteiger charge is 1.92. The van der Waals surface area contributed by atoms with Crippen molar-refractivity contribution in [1.82, 2.24) is 5.43 Å². The van der Waals surface area contributed by atoms with Crippen molar-refractivity contribution < 1.29 is 0 Å². The monoisotopic (exact) mass is 238 g/mol. The predicted molar refractivity (Wildman–Crippen MR) is 78.5 cm³/mol. The molecule has 0 heterocycles. The van der Waals surface area contributed by atoms with Crippen LogP contribution in [-0.2, 0) is 0 Å². The quantitative estimate of drug-likeness (QED) is 0.316. The summed E-state index contributed by atoms with van der Waals surface area (Å²) in [6, 6.07) is 0. The van der Waals surface area contributed by atoms with Gasteiger partial charge in [0.15, 0.2) is 0 Å². The summed E-state index contributed by atoms with van der Waals surface area (Å²) in [6.07, 6.45) is 10.9. The highest BCUT2D eigenvalue weighted by Crippen LogP contribution is 2.07. The lowest BCUT2D eigenvalue weighted by atomic mass is 10.1. The summed E-state index contributed by atoms with van der Waals surface area (Å²) >= 11 is 0. The Morgan fingerprint density at radius 2 is 1.47 bits per heavy atom. The van der Waals surface area contributed by atoms with Crippen molar-refractivity contribution in [3.05, 3.63) is 12.2 Å². The fourth-order valence-corrected chi connectivity index (χ4v) is 1.61. The van der Waals surface area contributed by atoms with Gasteiger partial charge in [-0.15, -0.1) is 0 Å². The maximum absolute atomic E-state index is 4.25. The molecule has 0 bridgehead atoms. The SMILES string of the molecule is C=C(C)C(C)=NNCCCCCCCCCC. The third-order valence-electron chi connectivity index (χ3n) is 3.01. The molecule has 0 spiro atoms. The molecule has 0 radical (unpaired) electrons. The highest BCUT2D eigenvalue weighted by atomic mass is 15.3. The van der Waals surface area contributed by atoms with Gasteiger partial charge >= 0.3 is 0 Å². The van der Waals surface area contributed by atoms with E-state index in [4.69, 9.17) is 0 Å². The fourth-order valence-electron chi connectivity index (χ4n) is 1.61. The minimum Gasteiger partial charge on any atom is -0.310 e. The molecule has 0 aromatic heterocycles. The molecule has 0 saturated carbocycles. The number of hydrogen-bond donors (Lipinski definition) is 1. The lowest BCUT2D eigenvalue weighted by Gasteiger charge is -2.03. The van der Waals surface area contributed by atoms with Gasteiger partial charge in [-0.1, -0.05) is 58.4 Å². The molecular formula is C15H30N2. The van der Waals surface area contributed by atoms with Crippen LogP contribution in [0.25, 0.3) is 0 Å². The van der Waals surface area contributed by atoms with E-state index in [1.54, 1.807) is 0 Å². The lowest BCUT2D eigenvalue weighted by molar-refractivity contribution is 0.561. The van der Waals surface area contributed by atoms with Gasteiger partial charge in [0.1, 0.15) is 0 Å². The van der Waals surface area contributed by atoms with E-state index in [9.17, 15) is 0 Å². The Kier molecular flexibility index (Phi) is 11.1. The molecule has 0 saturated heterocycles. The maximum Gasteiger partial charge on any atom is 0.0595 e. The van der Waals surface area contributed by atoms with Crippen molar-refractivity contribution in [3.63, 3.8) is 0 Å². The number of allylic oxidation sites excluding steroid dienone is 1. The molecule has 0 aliphatic carbocycles. The first-order valence-corrected chi connectivity index (χ1v) is 7.11. The van der Waals surface area contributed by atoms with Crippen molar-refractivity contribution in [2.75, 3.05) is 6.54 Å². The first-order valence-electron chi connectivity index (χ1n) is 7.11. The predicted octanol–water partition coefficient (Wildman–Crippen LogP) is 4.67. The van der Waals surface area contributed by atoms with Gasteiger partial charge in [-0.3, -0.25) is 0 Å². The largest absolute Gasteiger partial charge is 0.310 e. The summed E-state index contributed by atoms with van der Waals surface area (Å²) in [4.78, 5) is 0. The van der Waals surface area contributed by atoms with Crippen molar-refractivity contribution in [1.29, 1.82) is 0 Å². The maximum atomic E-state index is 4.25. The van der Waals surface area contributed by atoms with Gasteiger partial charge in [0.2, 0.25) is 0 Å². The molecule has 0 unspecified atom stereocenters. The van der Waals surface area contributed by atoms with E-state index in [0.29, 0.717) is 0 Å². The first kappa shape index (κ1) is 16.2. The van der Waals surface area contributed by atoms with Gasteiger partial charge in [0.25, 0.3) is 0 Å². The Morgan fingerprint density at radius 3 is 2.00 bits per heavy atom. The second kappa shape index (κ2) is 11.7. The van der Waals surface area contributed by atoms with Crippen LogP contribution >= 0.6 is 0 Å². The van der Waals surface area contributed by atoms with Crippen LogP contribution in [0.1, 0.15) is 72.1 Å². The molecule has 2 nitrogen and oxygen atoms in total. The van der Waals surface area contributed by atoms with Crippen LogP contribution in [0.4, 0.5) is 0 Å². The Bertz CT molecular complexity index is 219. The van der Waals surface area contributed by atoms with Gasteiger partial charge in [-0.05, 0) is 25.8 Å². The van der Waals surface area contributed by atoms with Crippen molar-refractivity contribution in [2.24, 2.45) is 5.10 Å². The molecule has 2 heteroatoms. The van der Waals surface area contributed by atoms with E-state index >= 15 is 0 Å². The molecule has 0 aromatic carbocycles. The summed E-state index contributed by atoms with van der Waals surface area (Å²) in [7, 11) is 0. The van der Waals surface area contributed by atoms with E-state index in [1.807, 2.05) is 13.8 Å². The zero-order valence-corrected chi connectivity index (χ0v) is 12.0. The molecule has 100 valence electrons. The highest BCUT2D eigenvalue weighted by molar-refractivity contribution is 5.96. The fraction of sp³-hybridized carbons (Fsp3) is 0.800. The molecule has 0 aliphatic heterocycles. The van der Waals surface area contributed by atoms with Crippen molar-refractivity contribution in [2.45, 2.75) is 72.1 Å². The summed E-state index contributed by atoms with van der Waals surface area (Å²) in [5.41, 5.74) is 5.14. The minimum absolute atomic E-state index is 0.986. The number of rotatable bonds is 11. The van der Waals surface area contributed by atoms with Crippen LogP contribution in [0.15, 0.2) is 17.3 Å². The minimum atomic E-state index is 0.986. The average Bonchev–Trinajstić information content (AvgIpc) is 2.31. The van der Waals surface area contributed by atoms with Crippen LogP contribution in [-0.4, -0.2) is 12.3 Å². The number of hydrazone groups is 1. The van der Waals surface area contributed by atoms with E-state index in [2.05, 4.69) is 24.0 Å². The number of hydrogen-bond acceptors (Lipinski definition) is 2. The second-order valence-electron chi connectivity index (χ2n) is 4.86. The molecule has 0 aromatic rings. The normalized spacial score (nSPS) is 11.6. The summed E-state index contributed by atoms with van der Waals surface area (Å²) < 4.78 is 0. The van der Waals surface area contributed by atoms with Crippen LogP contribution in [0.2, 0.25) is 0 Å². The van der Waals surface area contributed by atoms with E-state index < -0.39 is 0 Å². The number of nitrogens with zero attached hydrogens (tertiary/aromatic N) is 1. The summed E-state index contributed by atoms with van der Waals surface area (Å²) in [6.45, 7) is 11.1. The number of nitrogens with one attached hydrogen (secondary N) is 1. The third-order valence-corrected chi connectivity index (χ3v) is 3.01. The Morgan fingerprint density at radius 1 is 0.941 bits per heavy atom. The standard InChI is InChI=1S/C15H30N2/c1-5-6-7-8-9-10-11-12-13-16-17-15(4)14(2)3/h16H,2,5-13H2,1,3-4H3. The van der Waals surface area contributed by atoms with Crippen LogP contribution in [0, 0.1) is 0 Å². The number of unbranched alkanes of at least 4 members (excludes halogenated alkanes) is 7. The smallest absolute Gasteiger partial charge is 0.0595 e. The molecule has 0 amide bonds. The molecule has 0 fully saturated rings. The first-order chi connectivity index (χ1) is 8.18. The Labute approximate surface area is 108 Å². The molecule has 0 rings (SSSR count). The van der Waals surface area contributed by atoms with Crippen molar-refractivity contribution in [3.8, 4) is 0 Å². The Balaban J connectivity index is 3.19. The van der Waals surface area contributed by atoms with Crippen LogP contribution in [0.3, 0.4) is 0 Å². The van der Waals surface area contributed by atoms with E-state index in [-0.39, 0.29) is 0 Å². The molecule has 1 N–H and O–H groups in total. The Hall–Kier alpha value is -0.790. The zero-order chi connectivity index (χ0) is 12.9. The summed E-state index contributed by atoms with van der Waals surface area (Å²) in [5.74, 6) is 0. The van der Waals surface area contributed by atoms with Crippen LogP contribution < -0.4 is 5.43 Å². The third kappa shape index (κ3) is 11.5. The van der Waals surface area contributed by atoms with Crippen LogP contribution in [0.5, 0.6) is 0 Å². The lowest BCUT2D eigenvalue weighted by Crippen LogP contribution is -2.10. The average molecular weight is 238 g/mol. The van der Waals surface area contributed by atoms with E-state index in [0.717, 1.165) is 17.8 Å². The molecule has 17 heavy (non-hydrogen) atoms. The van der Waals surface area contributed by atoms with Gasteiger partial charge < -0.3 is 5.43 Å². The topological polar surface area (TPSA) is 24.4 Å². The van der Waals surface area contributed by atoms with Gasteiger partial charge in [0, 0.05) is 6.54 Å². The molecule has 0 aliphatic rings.